The normalized spacial score (nSPS) is 13.8. The van der Waals surface area contributed by atoms with E-state index in [9.17, 15) is 9.50 Å². The van der Waals surface area contributed by atoms with Crippen molar-refractivity contribution in [3.8, 4) is 5.75 Å². The zero-order valence-corrected chi connectivity index (χ0v) is 12.1. The van der Waals surface area contributed by atoms with Crippen molar-refractivity contribution in [1.82, 2.24) is 0 Å². The summed E-state index contributed by atoms with van der Waals surface area (Å²) in [6, 6.07) is 11.6. The van der Waals surface area contributed by atoms with Gasteiger partial charge >= 0.3 is 0 Å². The van der Waals surface area contributed by atoms with Crippen LogP contribution in [0.3, 0.4) is 0 Å². The molecule has 2 nitrogen and oxygen atoms in total. The van der Waals surface area contributed by atoms with Gasteiger partial charge < -0.3 is 9.84 Å². The fraction of sp³-hybridized carbons (Fsp3) is 0.250. The summed E-state index contributed by atoms with van der Waals surface area (Å²) in [4.78, 5) is 0. The number of ether oxygens (including phenoxy) is 1. The molecule has 0 radical (unpaired) electrons. The smallest absolute Gasteiger partial charge is 0.130 e. The first-order valence-corrected chi connectivity index (χ1v) is 6.61. The van der Waals surface area contributed by atoms with E-state index in [-0.39, 0.29) is 5.56 Å². The Bertz CT molecular complexity index is 594. The van der Waals surface area contributed by atoms with Crippen LogP contribution in [0.4, 0.5) is 4.39 Å². The average molecular weight is 295 g/mol. The Kier molecular flexibility index (Phi) is 4.31. The van der Waals surface area contributed by atoms with Crippen molar-refractivity contribution >= 4 is 11.6 Å². The highest BCUT2D eigenvalue weighted by atomic mass is 35.5. The van der Waals surface area contributed by atoms with Crippen molar-refractivity contribution in [2.45, 2.75) is 18.9 Å². The molecule has 0 spiro atoms. The Morgan fingerprint density at radius 1 is 1.20 bits per heavy atom. The third-order valence-corrected chi connectivity index (χ3v) is 3.45. The molecule has 2 aromatic rings. The van der Waals surface area contributed by atoms with E-state index in [0.717, 1.165) is 11.3 Å². The molecule has 106 valence electrons. The van der Waals surface area contributed by atoms with Gasteiger partial charge in [-0.1, -0.05) is 29.8 Å². The van der Waals surface area contributed by atoms with Crippen LogP contribution in [0.5, 0.6) is 5.75 Å². The Labute approximate surface area is 122 Å². The van der Waals surface area contributed by atoms with E-state index in [1.807, 2.05) is 24.3 Å². The van der Waals surface area contributed by atoms with E-state index in [1.165, 1.54) is 12.1 Å². The minimum Gasteiger partial charge on any atom is -0.497 e. The molecule has 1 N–H and O–H groups in total. The first-order valence-electron chi connectivity index (χ1n) is 6.23. The van der Waals surface area contributed by atoms with Crippen molar-refractivity contribution in [3.63, 3.8) is 0 Å². The van der Waals surface area contributed by atoms with Gasteiger partial charge in [-0.25, -0.2) is 4.39 Å². The summed E-state index contributed by atoms with van der Waals surface area (Å²) in [5.74, 6) is 0.238. The van der Waals surface area contributed by atoms with Gasteiger partial charge in [0.2, 0.25) is 0 Å². The van der Waals surface area contributed by atoms with Crippen LogP contribution in [0.25, 0.3) is 0 Å². The molecular formula is C16H16ClFO2. The average Bonchev–Trinajstić information content (AvgIpc) is 2.38. The Hall–Kier alpha value is -1.58. The fourth-order valence-corrected chi connectivity index (χ4v) is 2.32. The summed E-state index contributed by atoms with van der Waals surface area (Å²) >= 11 is 5.73. The van der Waals surface area contributed by atoms with Gasteiger partial charge in [-0.05, 0) is 36.8 Å². The topological polar surface area (TPSA) is 29.5 Å². The zero-order valence-electron chi connectivity index (χ0n) is 11.4. The van der Waals surface area contributed by atoms with Crippen LogP contribution in [0.15, 0.2) is 42.5 Å². The maximum Gasteiger partial charge on any atom is 0.130 e. The van der Waals surface area contributed by atoms with Crippen molar-refractivity contribution in [3.05, 3.63) is 64.4 Å². The number of rotatable bonds is 4. The molecule has 0 amide bonds. The molecule has 4 heteroatoms. The van der Waals surface area contributed by atoms with Gasteiger partial charge in [-0.2, -0.15) is 0 Å². The quantitative estimate of drug-likeness (QED) is 0.925. The minimum atomic E-state index is -1.30. The molecule has 0 aliphatic rings. The molecule has 0 bridgehead atoms. The van der Waals surface area contributed by atoms with Crippen LogP contribution in [-0.2, 0) is 12.0 Å². The number of hydrogen-bond donors (Lipinski definition) is 1. The highest BCUT2D eigenvalue weighted by Gasteiger charge is 2.27. The molecule has 0 aromatic heterocycles. The number of methoxy groups -OCH3 is 1. The van der Waals surface area contributed by atoms with Crippen LogP contribution in [0, 0.1) is 5.82 Å². The Morgan fingerprint density at radius 3 is 2.40 bits per heavy atom. The zero-order chi connectivity index (χ0) is 14.8. The van der Waals surface area contributed by atoms with Gasteiger partial charge in [0.05, 0.1) is 12.7 Å². The van der Waals surface area contributed by atoms with E-state index >= 15 is 0 Å². The van der Waals surface area contributed by atoms with Crippen LogP contribution >= 0.6 is 11.6 Å². The predicted molar refractivity (Wildman–Crippen MR) is 77.7 cm³/mol. The lowest BCUT2D eigenvalue weighted by molar-refractivity contribution is 0.0538. The monoisotopic (exact) mass is 294 g/mol. The number of aliphatic hydroxyl groups is 1. The van der Waals surface area contributed by atoms with Crippen molar-refractivity contribution < 1.29 is 14.2 Å². The second kappa shape index (κ2) is 5.81. The summed E-state index contributed by atoms with van der Waals surface area (Å²) < 4.78 is 19.0. The number of hydrogen-bond acceptors (Lipinski definition) is 2. The summed E-state index contributed by atoms with van der Waals surface area (Å²) in [6.07, 6.45) is 0.301. The fourth-order valence-electron chi connectivity index (χ4n) is 2.16. The van der Waals surface area contributed by atoms with Crippen LogP contribution < -0.4 is 4.74 Å². The molecule has 0 aliphatic heterocycles. The maximum atomic E-state index is 13.9. The molecule has 0 heterocycles. The van der Waals surface area contributed by atoms with E-state index in [2.05, 4.69) is 0 Å². The summed E-state index contributed by atoms with van der Waals surface area (Å²) in [6.45, 7) is 1.59. The van der Waals surface area contributed by atoms with Crippen LogP contribution in [0.1, 0.15) is 18.1 Å². The standard InChI is InChI=1S/C16H16ClFO2/c1-16(19,14-8-5-12(17)9-15(14)18)10-11-3-6-13(20-2)7-4-11/h3-9,19H,10H2,1-2H3. The minimum absolute atomic E-state index is 0.234. The molecule has 20 heavy (non-hydrogen) atoms. The molecule has 0 fully saturated rings. The van der Waals surface area contributed by atoms with Crippen LogP contribution in [0.2, 0.25) is 5.02 Å². The van der Waals surface area contributed by atoms with Gasteiger partial charge in [0.25, 0.3) is 0 Å². The predicted octanol–water partition coefficient (Wildman–Crippen LogP) is 3.94. The highest BCUT2D eigenvalue weighted by Crippen LogP contribution is 2.29. The third kappa shape index (κ3) is 3.30. The third-order valence-electron chi connectivity index (χ3n) is 3.22. The molecule has 0 aliphatic carbocycles. The lowest BCUT2D eigenvalue weighted by Crippen LogP contribution is -2.25. The van der Waals surface area contributed by atoms with E-state index in [0.29, 0.717) is 11.4 Å². The molecular weight excluding hydrogens is 279 g/mol. The summed E-state index contributed by atoms with van der Waals surface area (Å²) in [5, 5.41) is 10.8. The van der Waals surface area contributed by atoms with E-state index in [1.54, 1.807) is 20.1 Å². The first-order chi connectivity index (χ1) is 9.42. The largest absolute Gasteiger partial charge is 0.497 e. The summed E-state index contributed by atoms with van der Waals surface area (Å²) in [5.41, 5.74) is -0.175. The Balaban J connectivity index is 2.25. The number of halogens is 2. The SMILES string of the molecule is COc1ccc(CC(C)(O)c2ccc(Cl)cc2F)cc1. The second-order valence-corrected chi connectivity index (χ2v) is 5.36. The number of benzene rings is 2. The van der Waals surface area contributed by atoms with Gasteiger partial charge in [0.15, 0.2) is 0 Å². The molecule has 1 atom stereocenters. The van der Waals surface area contributed by atoms with Crippen molar-refractivity contribution in [2.24, 2.45) is 0 Å². The molecule has 2 aromatic carbocycles. The first kappa shape index (κ1) is 14.8. The second-order valence-electron chi connectivity index (χ2n) is 4.92. The van der Waals surface area contributed by atoms with Crippen molar-refractivity contribution in [1.29, 1.82) is 0 Å². The van der Waals surface area contributed by atoms with E-state index in [4.69, 9.17) is 16.3 Å². The molecule has 1 unspecified atom stereocenters. The van der Waals surface area contributed by atoms with Crippen LogP contribution in [-0.4, -0.2) is 12.2 Å². The highest BCUT2D eigenvalue weighted by molar-refractivity contribution is 6.30. The molecule has 0 saturated heterocycles. The lowest BCUT2D eigenvalue weighted by Gasteiger charge is -2.24. The van der Waals surface area contributed by atoms with Crippen molar-refractivity contribution in [2.75, 3.05) is 7.11 Å². The van der Waals surface area contributed by atoms with E-state index < -0.39 is 11.4 Å². The van der Waals surface area contributed by atoms with Gasteiger partial charge in [-0.3, -0.25) is 0 Å². The summed E-state index contributed by atoms with van der Waals surface area (Å²) in [7, 11) is 1.59. The molecule has 0 saturated carbocycles. The lowest BCUT2D eigenvalue weighted by atomic mass is 9.89. The maximum absolute atomic E-state index is 13.9. The van der Waals surface area contributed by atoms with Gasteiger partial charge in [0, 0.05) is 17.0 Å². The van der Waals surface area contributed by atoms with Gasteiger partial charge in [0.1, 0.15) is 11.6 Å². The molecule has 2 rings (SSSR count). The van der Waals surface area contributed by atoms with Gasteiger partial charge in [-0.15, -0.1) is 0 Å². The Morgan fingerprint density at radius 2 is 1.85 bits per heavy atom.